The minimum absolute atomic E-state index is 0.0112. The van der Waals surface area contributed by atoms with E-state index in [2.05, 4.69) is 22.5 Å². The molecular weight excluding hydrogens is 358 g/mol. The fraction of sp³-hybridized carbons (Fsp3) is 0.412. The molecule has 1 N–H and O–H groups in total. The second-order valence-electron chi connectivity index (χ2n) is 6.81. The van der Waals surface area contributed by atoms with E-state index >= 15 is 0 Å². The third kappa shape index (κ3) is 2.88. The van der Waals surface area contributed by atoms with Crippen molar-refractivity contribution in [1.29, 1.82) is 0 Å². The molecule has 6 nitrogen and oxygen atoms in total. The first-order valence-corrected chi connectivity index (χ1v) is 10.4. The van der Waals surface area contributed by atoms with E-state index in [4.69, 9.17) is 0 Å². The van der Waals surface area contributed by atoms with Gasteiger partial charge in [-0.25, -0.2) is 17.7 Å². The molecule has 25 heavy (non-hydrogen) atoms. The lowest BCUT2D eigenvalue weighted by Gasteiger charge is -2.16. The fourth-order valence-corrected chi connectivity index (χ4v) is 5.52. The van der Waals surface area contributed by atoms with Crippen molar-refractivity contribution in [3.63, 3.8) is 0 Å². The van der Waals surface area contributed by atoms with Crippen LogP contribution in [0.1, 0.15) is 12.8 Å². The number of carbonyl (C=O) groups is 1. The molecule has 3 unspecified atom stereocenters. The number of nitrogens with zero attached hydrogens (tertiary/aromatic N) is 2. The maximum absolute atomic E-state index is 12.5. The molecule has 0 radical (unpaired) electrons. The van der Waals surface area contributed by atoms with Crippen LogP contribution in [-0.4, -0.2) is 37.7 Å². The molecule has 1 aromatic heterocycles. The van der Waals surface area contributed by atoms with E-state index in [9.17, 15) is 13.2 Å². The highest BCUT2D eigenvalue weighted by Crippen LogP contribution is 2.44. The Bertz CT molecular complexity index is 978. The van der Waals surface area contributed by atoms with Crippen molar-refractivity contribution in [3.8, 4) is 0 Å². The summed E-state index contributed by atoms with van der Waals surface area (Å²) in [5.74, 6) is 0.912. The SMILES string of the molecule is CN(C)S(=O)(=O)c1ccc2nc(NC(=O)C3CC4C=CC3C4)sc2c1. The first-order valence-electron chi connectivity index (χ1n) is 8.17. The molecule has 2 aromatic rings. The van der Waals surface area contributed by atoms with Gasteiger partial charge in [-0.3, -0.25) is 4.79 Å². The predicted molar refractivity (Wildman–Crippen MR) is 98.0 cm³/mol. The van der Waals surface area contributed by atoms with Crippen LogP contribution in [-0.2, 0) is 14.8 Å². The van der Waals surface area contributed by atoms with Crippen molar-refractivity contribution in [3.05, 3.63) is 30.4 Å². The molecule has 0 spiro atoms. The molecule has 0 saturated heterocycles. The molecule has 2 aliphatic rings. The molecule has 0 aliphatic heterocycles. The zero-order chi connectivity index (χ0) is 17.8. The van der Waals surface area contributed by atoms with E-state index < -0.39 is 10.0 Å². The highest BCUT2D eigenvalue weighted by Gasteiger charge is 2.40. The standard InChI is InChI=1S/C17H19N3O3S2/c1-20(2)25(22,23)12-5-6-14-15(9-12)24-17(18-14)19-16(21)13-8-10-3-4-11(13)7-10/h3-6,9-11,13H,7-8H2,1-2H3,(H,18,19,21). The van der Waals surface area contributed by atoms with Crippen LogP contribution in [0.4, 0.5) is 5.13 Å². The lowest BCUT2D eigenvalue weighted by atomic mass is 9.93. The highest BCUT2D eigenvalue weighted by atomic mass is 32.2. The zero-order valence-corrected chi connectivity index (χ0v) is 15.6. The highest BCUT2D eigenvalue weighted by molar-refractivity contribution is 7.89. The van der Waals surface area contributed by atoms with E-state index in [1.807, 2.05) is 0 Å². The summed E-state index contributed by atoms with van der Waals surface area (Å²) in [4.78, 5) is 17.2. The van der Waals surface area contributed by atoms with Gasteiger partial charge in [0.1, 0.15) is 0 Å². The fourth-order valence-electron chi connectivity index (χ4n) is 3.61. The van der Waals surface area contributed by atoms with Gasteiger partial charge in [0.05, 0.1) is 15.1 Å². The van der Waals surface area contributed by atoms with Crippen molar-refractivity contribution in [2.75, 3.05) is 19.4 Å². The Balaban J connectivity index is 1.57. The first-order chi connectivity index (χ1) is 11.8. The third-order valence-electron chi connectivity index (χ3n) is 4.98. The number of allylic oxidation sites excluding steroid dienone is 2. The molecule has 1 amide bonds. The smallest absolute Gasteiger partial charge is 0.242 e. The number of nitrogens with one attached hydrogen (secondary N) is 1. The van der Waals surface area contributed by atoms with Crippen molar-refractivity contribution >= 4 is 42.6 Å². The Morgan fingerprint density at radius 1 is 1.28 bits per heavy atom. The summed E-state index contributed by atoms with van der Waals surface area (Å²) in [6, 6.07) is 4.83. The average molecular weight is 377 g/mol. The summed E-state index contributed by atoms with van der Waals surface area (Å²) in [6.07, 6.45) is 6.33. The number of aromatic nitrogens is 1. The van der Waals surface area contributed by atoms with Gasteiger partial charge in [0.2, 0.25) is 15.9 Å². The van der Waals surface area contributed by atoms with Gasteiger partial charge in [-0.15, -0.1) is 0 Å². The maximum Gasteiger partial charge on any atom is 0.242 e. The van der Waals surface area contributed by atoms with Gasteiger partial charge in [-0.05, 0) is 42.9 Å². The number of amides is 1. The third-order valence-corrected chi connectivity index (χ3v) is 7.73. The number of anilines is 1. The monoisotopic (exact) mass is 377 g/mol. The molecule has 132 valence electrons. The van der Waals surface area contributed by atoms with Gasteiger partial charge in [-0.1, -0.05) is 23.5 Å². The number of carbonyl (C=O) groups excluding carboxylic acids is 1. The Hall–Kier alpha value is -1.77. The first kappa shape index (κ1) is 16.7. The quantitative estimate of drug-likeness (QED) is 0.831. The summed E-state index contributed by atoms with van der Waals surface area (Å²) in [5.41, 5.74) is 0.686. The van der Waals surface area contributed by atoms with Gasteiger partial charge in [0.15, 0.2) is 5.13 Å². The van der Waals surface area contributed by atoms with E-state index in [0.717, 1.165) is 17.5 Å². The van der Waals surface area contributed by atoms with Crippen molar-refractivity contribution in [2.24, 2.45) is 17.8 Å². The normalized spacial score (nSPS) is 25.2. The molecule has 1 heterocycles. The van der Waals surface area contributed by atoms with E-state index in [-0.39, 0.29) is 16.7 Å². The topological polar surface area (TPSA) is 79.4 Å². The van der Waals surface area contributed by atoms with E-state index in [1.54, 1.807) is 18.2 Å². The largest absolute Gasteiger partial charge is 0.302 e. The molecule has 1 saturated carbocycles. The number of rotatable bonds is 4. The Kier molecular flexibility index (Phi) is 3.93. The second kappa shape index (κ2) is 5.89. The minimum atomic E-state index is -3.48. The number of hydrogen-bond donors (Lipinski definition) is 1. The van der Waals surface area contributed by atoms with Gasteiger partial charge in [0, 0.05) is 20.0 Å². The number of hydrogen-bond acceptors (Lipinski definition) is 5. The Labute approximate surface area is 150 Å². The van der Waals surface area contributed by atoms with Gasteiger partial charge >= 0.3 is 0 Å². The van der Waals surface area contributed by atoms with Crippen molar-refractivity contribution in [2.45, 2.75) is 17.7 Å². The van der Waals surface area contributed by atoms with Crippen molar-refractivity contribution < 1.29 is 13.2 Å². The van der Waals surface area contributed by atoms with Crippen LogP contribution in [0, 0.1) is 17.8 Å². The van der Waals surface area contributed by atoms with Crippen LogP contribution >= 0.6 is 11.3 Å². The van der Waals surface area contributed by atoms with Crippen LogP contribution in [0.3, 0.4) is 0 Å². The molecule has 1 fully saturated rings. The van der Waals surface area contributed by atoms with Crippen LogP contribution in [0.2, 0.25) is 0 Å². The second-order valence-corrected chi connectivity index (χ2v) is 9.99. The van der Waals surface area contributed by atoms with Crippen LogP contribution in [0.25, 0.3) is 10.2 Å². The lowest BCUT2D eigenvalue weighted by molar-refractivity contribution is -0.120. The minimum Gasteiger partial charge on any atom is -0.302 e. The summed E-state index contributed by atoms with van der Waals surface area (Å²) in [6.45, 7) is 0. The molecule has 4 rings (SSSR count). The zero-order valence-electron chi connectivity index (χ0n) is 14.0. The number of thiazole rings is 1. The van der Waals surface area contributed by atoms with Crippen LogP contribution < -0.4 is 5.32 Å². The number of benzene rings is 1. The molecule has 2 bridgehead atoms. The number of fused-ring (bicyclic) bond motifs is 3. The van der Waals surface area contributed by atoms with Gasteiger partial charge in [0.25, 0.3) is 0 Å². The average Bonchev–Trinajstić information content (AvgIpc) is 3.28. The Morgan fingerprint density at radius 3 is 2.72 bits per heavy atom. The molecule has 8 heteroatoms. The van der Waals surface area contributed by atoms with Gasteiger partial charge < -0.3 is 5.32 Å². The maximum atomic E-state index is 12.5. The van der Waals surface area contributed by atoms with Gasteiger partial charge in [-0.2, -0.15) is 0 Å². The number of sulfonamides is 1. The Morgan fingerprint density at radius 2 is 2.08 bits per heavy atom. The van der Waals surface area contributed by atoms with E-state index in [1.165, 1.54) is 29.7 Å². The van der Waals surface area contributed by atoms with Crippen molar-refractivity contribution in [1.82, 2.24) is 9.29 Å². The summed E-state index contributed by atoms with van der Waals surface area (Å²) < 4.78 is 26.4. The molecule has 2 aliphatic carbocycles. The molecule has 3 atom stereocenters. The van der Waals surface area contributed by atoms with Crippen LogP contribution in [0.15, 0.2) is 35.2 Å². The van der Waals surface area contributed by atoms with E-state index in [0.29, 0.717) is 22.5 Å². The van der Waals surface area contributed by atoms with Crippen LogP contribution in [0.5, 0.6) is 0 Å². The summed E-state index contributed by atoms with van der Waals surface area (Å²) >= 11 is 1.30. The summed E-state index contributed by atoms with van der Waals surface area (Å²) in [7, 11) is -0.481. The molecular formula is C17H19N3O3S2. The summed E-state index contributed by atoms with van der Waals surface area (Å²) in [5, 5.41) is 3.43. The lowest BCUT2D eigenvalue weighted by Crippen LogP contribution is -2.25. The molecule has 1 aromatic carbocycles. The predicted octanol–water partition coefficient (Wildman–Crippen LogP) is 2.70.